The molecule has 0 saturated carbocycles. The van der Waals surface area contributed by atoms with Gasteiger partial charge in [0.05, 0.1) is 5.39 Å². The van der Waals surface area contributed by atoms with Crippen molar-refractivity contribution < 1.29 is 9.53 Å². The maximum absolute atomic E-state index is 13.3. The van der Waals surface area contributed by atoms with Crippen LogP contribution in [0.25, 0.3) is 16.7 Å². The molecule has 0 aromatic carbocycles. The van der Waals surface area contributed by atoms with E-state index in [0.29, 0.717) is 48.6 Å². The van der Waals surface area contributed by atoms with Gasteiger partial charge in [-0.15, -0.1) is 12.4 Å². The van der Waals surface area contributed by atoms with Gasteiger partial charge in [0.2, 0.25) is 0 Å². The van der Waals surface area contributed by atoms with Crippen LogP contribution in [0.5, 0.6) is 0 Å². The number of hydrogen-bond acceptors (Lipinski definition) is 5. The predicted octanol–water partition coefficient (Wildman–Crippen LogP) is 1.50. The molecule has 29 heavy (non-hydrogen) atoms. The Morgan fingerprint density at radius 1 is 1.21 bits per heavy atom. The molecule has 0 unspecified atom stereocenters. The SMILES string of the molecule is COCCCn1c(C(=O)N2CCN(C)CC2)cc2c(=O)n3ccccc3nc21.Cl. The second-order valence-electron chi connectivity index (χ2n) is 7.21. The molecule has 4 rings (SSSR count). The van der Waals surface area contributed by atoms with E-state index < -0.39 is 0 Å². The zero-order valence-corrected chi connectivity index (χ0v) is 17.5. The molecule has 3 aromatic rings. The second kappa shape index (κ2) is 8.94. The van der Waals surface area contributed by atoms with Gasteiger partial charge in [-0.3, -0.25) is 14.0 Å². The Kier molecular flexibility index (Phi) is 6.56. The quantitative estimate of drug-likeness (QED) is 0.586. The van der Waals surface area contributed by atoms with Crippen molar-refractivity contribution in [2.24, 2.45) is 0 Å². The Bertz CT molecular complexity index is 1070. The molecule has 1 aliphatic heterocycles. The minimum atomic E-state index is -0.154. The highest BCUT2D eigenvalue weighted by atomic mass is 35.5. The first-order valence-corrected chi connectivity index (χ1v) is 9.57. The fraction of sp³-hybridized carbons (Fsp3) is 0.450. The number of carbonyl (C=O) groups excluding carboxylic acids is 1. The number of piperazine rings is 1. The fourth-order valence-corrected chi connectivity index (χ4v) is 3.69. The first-order valence-electron chi connectivity index (χ1n) is 9.57. The van der Waals surface area contributed by atoms with E-state index >= 15 is 0 Å². The highest BCUT2D eigenvalue weighted by Gasteiger charge is 2.25. The smallest absolute Gasteiger partial charge is 0.270 e. The number of pyridine rings is 1. The summed E-state index contributed by atoms with van der Waals surface area (Å²) in [6.07, 6.45) is 2.44. The molecule has 0 radical (unpaired) electrons. The summed E-state index contributed by atoms with van der Waals surface area (Å²) < 4.78 is 8.57. The van der Waals surface area contributed by atoms with Crippen LogP contribution in [0.4, 0.5) is 0 Å². The number of methoxy groups -OCH3 is 1. The number of ether oxygens (including phenoxy) is 1. The van der Waals surface area contributed by atoms with Crippen molar-refractivity contribution in [2.75, 3.05) is 46.9 Å². The van der Waals surface area contributed by atoms with Crippen LogP contribution in [0.1, 0.15) is 16.9 Å². The highest BCUT2D eigenvalue weighted by molar-refractivity contribution is 5.98. The second-order valence-corrected chi connectivity index (χ2v) is 7.21. The molecule has 3 aromatic heterocycles. The van der Waals surface area contributed by atoms with Crippen LogP contribution in [0, 0.1) is 0 Å². The topological polar surface area (TPSA) is 72.1 Å². The molecule has 0 bridgehead atoms. The average molecular weight is 420 g/mol. The van der Waals surface area contributed by atoms with Crippen molar-refractivity contribution in [1.82, 2.24) is 23.8 Å². The summed E-state index contributed by atoms with van der Waals surface area (Å²) in [4.78, 5) is 35.0. The van der Waals surface area contributed by atoms with Crippen LogP contribution in [-0.4, -0.2) is 76.6 Å². The van der Waals surface area contributed by atoms with E-state index in [-0.39, 0.29) is 23.9 Å². The minimum absolute atomic E-state index is 0. The van der Waals surface area contributed by atoms with Crippen molar-refractivity contribution in [1.29, 1.82) is 0 Å². The van der Waals surface area contributed by atoms with Crippen LogP contribution < -0.4 is 5.56 Å². The van der Waals surface area contributed by atoms with E-state index in [1.54, 1.807) is 31.5 Å². The Morgan fingerprint density at radius 3 is 2.69 bits per heavy atom. The first kappa shape index (κ1) is 21.3. The first-order chi connectivity index (χ1) is 13.6. The zero-order chi connectivity index (χ0) is 19.7. The molecular weight excluding hydrogens is 394 g/mol. The van der Waals surface area contributed by atoms with E-state index in [9.17, 15) is 9.59 Å². The number of halogens is 1. The highest BCUT2D eigenvalue weighted by Crippen LogP contribution is 2.19. The molecule has 9 heteroatoms. The Morgan fingerprint density at radius 2 is 1.97 bits per heavy atom. The summed E-state index contributed by atoms with van der Waals surface area (Å²) in [5.41, 5.74) is 1.50. The third-order valence-electron chi connectivity index (χ3n) is 5.32. The number of aryl methyl sites for hydroxylation is 1. The van der Waals surface area contributed by atoms with Crippen molar-refractivity contribution >= 4 is 35.0 Å². The third kappa shape index (κ3) is 4.01. The molecule has 1 fully saturated rings. The van der Waals surface area contributed by atoms with Gasteiger partial charge in [0, 0.05) is 52.6 Å². The fourth-order valence-electron chi connectivity index (χ4n) is 3.69. The Balaban J connectivity index is 0.00000240. The van der Waals surface area contributed by atoms with Gasteiger partial charge in [-0.25, -0.2) is 4.98 Å². The maximum Gasteiger partial charge on any atom is 0.270 e. The van der Waals surface area contributed by atoms with Crippen LogP contribution in [0.2, 0.25) is 0 Å². The van der Waals surface area contributed by atoms with Crippen LogP contribution in [0.3, 0.4) is 0 Å². The molecule has 0 aliphatic carbocycles. The van der Waals surface area contributed by atoms with Gasteiger partial charge in [-0.1, -0.05) is 6.07 Å². The molecule has 8 nitrogen and oxygen atoms in total. The number of aromatic nitrogens is 3. The van der Waals surface area contributed by atoms with E-state index in [4.69, 9.17) is 4.74 Å². The Labute approximate surface area is 175 Å². The lowest BCUT2D eigenvalue weighted by atomic mass is 10.2. The molecule has 0 atom stereocenters. The number of hydrogen-bond donors (Lipinski definition) is 0. The van der Waals surface area contributed by atoms with Gasteiger partial charge in [0.1, 0.15) is 17.0 Å². The molecule has 0 N–H and O–H groups in total. The Hall–Kier alpha value is -2.42. The summed E-state index contributed by atoms with van der Waals surface area (Å²) in [6.45, 7) is 4.21. The lowest BCUT2D eigenvalue weighted by Crippen LogP contribution is -2.47. The minimum Gasteiger partial charge on any atom is -0.385 e. The summed E-state index contributed by atoms with van der Waals surface area (Å²) in [7, 11) is 3.71. The number of likely N-dealkylation sites (N-methyl/N-ethyl adjacent to an activating group) is 1. The number of amides is 1. The molecular formula is C20H26ClN5O3. The van der Waals surface area contributed by atoms with Crippen molar-refractivity contribution in [2.45, 2.75) is 13.0 Å². The zero-order valence-electron chi connectivity index (χ0n) is 16.7. The number of rotatable bonds is 5. The monoisotopic (exact) mass is 419 g/mol. The average Bonchev–Trinajstić information content (AvgIpc) is 3.07. The van der Waals surface area contributed by atoms with Crippen LogP contribution in [-0.2, 0) is 11.3 Å². The van der Waals surface area contributed by atoms with Crippen LogP contribution >= 0.6 is 12.4 Å². The van der Waals surface area contributed by atoms with E-state index in [1.807, 2.05) is 15.5 Å². The largest absolute Gasteiger partial charge is 0.385 e. The van der Waals surface area contributed by atoms with E-state index in [1.165, 1.54) is 4.40 Å². The normalized spacial score (nSPS) is 15.0. The molecule has 1 saturated heterocycles. The van der Waals surface area contributed by atoms with Gasteiger partial charge < -0.3 is 19.1 Å². The summed E-state index contributed by atoms with van der Waals surface area (Å²) >= 11 is 0. The van der Waals surface area contributed by atoms with Gasteiger partial charge in [-0.05, 0) is 31.7 Å². The third-order valence-corrected chi connectivity index (χ3v) is 5.32. The summed E-state index contributed by atoms with van der Waals surface area (Å²) in [5, 5.41) is 0.471. The molecule has 156 valence electrons. The molecule has 1 amide bonds. The van der Waals surface area contributed by atoms with Gasteiger partial charge in [0.25, 0.3) is 11.5 Å². The standard InChI is InChI=1S/C20H25N5O3.ClH/c1-22-9-11-23(12-10-22)20(27)16-14-15-18(24(16)8-5-13-28-2)21-17-6-3-4-7-25(17)19(15)26;/h3-4,6-7,14H,5,8-13H2,1-2H3;1H. The lowest BCUT2D eigenvalue weighted by Gasteiger charge is -2.32. The van der Waals surface area contributed by atoms with E-state index in [2.05, 4.69) is 16.9 Å². The lowest BCUT2D eigenvalue weighted by molar-refractivity contribution is 0.0653. The van der Waals surface area contributed by atoms with Crippen LogP contribution in [0.15, 0.2) is 35.3 Å². The predicted molar refractivity (Wildman–Crippen MR) is 114 cm³/mol. The van der Waals surface area contributed by atoms with Gasteiger partial charge in [-0.2, -0.15) is 0 Å². The van der Waals surface area contributed by atoms with Gasteiger partial charge in [0.15, 0.2) is 0 Å². The van der Waals surface area contributed by atoms with Crippen molar-refractivity contribution in [3.05, 3.63) is 46.5 Å². The maximum atomic E-state index is 13.3. The molecule has 4 heterocycles. The molecule has 1 aliphatic rings. The summed E-state index contributed by atoms with van der Waals surface area (Å²) in [6, 6.07) is 7.16. The van der Waals surface area contributed by atoms with Crippen molar-refractivity contribution in [3.8, 4) is 0 Å². The number of fused-ring (bicyclic) bond motifs is 2. The number of nitrogens with zero attached hydrogens (tertiary/aromatic N) is 5. The van der Waals surface area contributed by atoms with E-state index in [0.717, 1.165) is 19.5 Å². The van der Waals surface area contributed by atoms with Gasteiger partial charge >= 0.3 is 0 Å². The van der Waals surface area contributed by atoms with Crippen molar-refractivity contribution in [3.63, 3.8) is 0 Å². The molecule has 0 spiro atoms. The number of carbonyl (C=O) groups is 1. The summed E-state index contributed by atoms with van der Waals surface area (Å²) in [5.74, 6) is -0.0445.